The van der Waals surface area contributed by atoms with Gasteiger partial charge in [-0.25, -0.2) is 4.79 Å². The lowest BCUT2D eigenvalue weighted by atomic mass is 9.97. The van der Waals surface area contributed by atoms with E-state index in [2.05, 4.69) is 13.8 Å². The Kier molecular flexibility index (Phi) is 4.97. The molecule has 0 N–H and O–H groups in total. The van der Waals surface area contributed by atoms with Gasteiger partial charge in [-0.3, -0.25) is 4.79 Å². The Bertz CT molecular complexity index is 288. The average molecular weight is 241 g/mol. The van der Waals surface area contributed by atoms with Gasteiger partial charge in [0.2, 0.25) is 5.91 Å². The van der Waals surface area contributed by atoms with Crippen molar-refractivity contribution in [3.63, 3.8) is 0 Å². The molecule has 2 atom stereocenters. The van der Waals surface area contributed by atoms with E-state index in [1.165, 1.54) is 7.11 Å². The minimum Gasteiger partial charge on any atom is -0.467 e. The lowest BCUT2D eigenvalue weighted by Crippen LogP contribution is -2.43. The minimum atomic E-state index is -0.359. The number of carbonyl (C=O) groups is 2. The average Bonchev–Trinajstić information content (AvgIpc) is 2.74. The van der Waals surface area contributed by atoms with Gasteiger partial charge >= 0.3 is 5.97 Å². The molecule has 0 bridgehead atoms. The van der Waals surface area contributed by atoms with E-state index in [-0.39, 0.29) is 23.8 Å². The van der Waals surface area contributed by atoms with E-state index in [1.54, 1.807) is 4.90 Å². The largest absolute Gasteiger partial charge is 0.467 e. The van der Waals surface area contributed by atoms with Gasteiger partial charge in [0.05, 0.1) is 7.11 Å². The fourth-order valence-corrected chi connectivity index (χ4v) is 2.50. The second-order valence-corrected chi connectivity index (χ2v) is 5.24. The van der Waals surface area contributed by atoms with Crippen LogP contribution >= 0.6 is 0 Å². The van der Waals surface area contributed by atoms with Crippen molar-refractivity contribution < 1.29 is 14.3 Å². The maximum Gasteiger partial charge on any atom is 0.328 e. The number of esters is 1. The Labute approximate surface area is 103 Å². The summed E-state index contributed by atoms with van der Waals surface area (Å²) in [5, 5.41) is 0. The molecule has 4 heteroatoms. The number of carbonyl (C=O) groups excluding carboxylic acids is 2. The summed E-state index contributed by atoms with van der Waals surface area (Å²) < 4.78 is 4.74. The molecule has 0 saturated carbocycles. The summed E-state index contributed by atoms with van der Waals surface area (Å²) in [5.41, 5.74) is 0. The molecule has 0 aliphatic carbocycles. The molecular weight excluding hydrogens is 218 g/mol. The summed E-state index contributed by atoms with van der Waals surface area (Å²) in [5.74, 6) is 0.285. The number of rotatable bonds is 4. The molecule has 98 valence electrons. The van der Waals surface area contributed by atoms with E-state index >= 15 is 0 Å². The molecule has 1 amide bonds. The lowest BCUT2D eigenvalue weighted by molar-refractivity contribution is -0.152. The predicted octanol–water partition coefficient (Wildman–Crippen LogP) is 1.83. The highest BCUT2D eigenvalue weighted by atomic mass is 16.5. The van der Waals surface area contributed by atoms with Crippen LogP contribution in [0.5, 0.6) is 0 Å². The second kappa shape index (κ2) is 6.03. The number of ether oxygens (including phenoxy) is 1. The van der Waals surface area contributed by atoms with Crippen LogP contribution in [0.4, 0.5) is 0 Å². The molecule has 1 fully saturated rings. The van der Waals surface area contributed by atoms with Crippen molar-refractivity contribution >= 4 is 11.9 Å². The summed E-state index contributed by atoms with van der Waals surface area (Å²) >= 11 is 0. The summed E-state index contributed by atoms with van der Waals surface area (Å²) in [6.07, 6.45) is 2.48. The molecule has 1 aliphatic rings. The Hall–Kier alpha value is -1.06. The van der Waals surface area contributed by atoms with Crippen LogP contribution in [-0.2, 0) is 14.3 Å². The first-order chi connectivity index (χ1) is 7.97. The van der Waals surface area contributed by atoms with Gasteiger partial charge in [-0.15, -0.1) is 0 Å². The van der Waals surface area contributed by atoms with E-state index < -0.39 is 0 Å². The fraction of sp³-hybridized carbons (Fsp3) is 0.846. The smallest absolute Gasteiger partial charge is 0.328 e. The molecular formula is C13H23NO3. The first kappa shape index (κ1) is 14.0. The zero-order valence-corrected chi connectivity index (χ0v) is 11.2. The van der Waals surface area contributed by atoms with Crippen molar-refractivity contribution in [3.05, 3.63) is 0 Å². The number of hydrogen-bond acceptors (Lipinski definition) is 3. The zero-order valence-electron chi connectivity index (χ0n) is 11.2. The summed E-state index contributed by atoms with van der Waals surface area (Å²) in [6.45, 7) is 6.83. The molecule has 1 rings (SSSR count). The molecule has 0 spiro atoms. The molecule has 0 aromatic rings. The van der Waals surface area contributed by atoms with E-state index in [1.807, 2.05) is 6.92 Å². The third-order valence-electron chi connectivity index (χ3n) is 3.26. The highest BCUT2D eigenvalue weighted by Gasteiger charge is 2.36. The molecule has 1 saturated heterocycles. The maximum absolute atomic E-state index is 12.2. The molecule has 1 aliphatic heterocycles. The number of likely N-dealkylation sites (tertiary alicyclic amines) is 1. The second-order valence-electron chi connectivity index (χ2n) is 5.24. The molecule has 1 unspecified atom stereocenters. The summed E-state index contributed by atoms with van der Waals surface area (Å²) in [6, 6.07) is -0.359. The predicted molar refractivity (Wildman–Crippen MR) is 65.4 cm³/mol. The number of hydrogen-bond donors (Lipinski definition) is 0. The van der Waals surface area contributed by atoms with Crippen LogP contribution < -0.4 is 0 Å². The minimum absolute atomic E-state index is 0.0137. The Balaban J connectivity index is 2.64. The highest BCUT2D eigenvalue weighted by Crippen LogP contribution is 2.23. The van der Waals surface area contributed by atoms with Crippen molar-refractivity contribution in [2.24, 2.45) is 11.8 Å². The van der Waals surface area contributed by atoms with Gasteiger partial charge in [-0.05, 0) is 25.2 Å². The third kappa shape index (κ3) is 3.45. The van der Waals surface area contributed by atoms with Crippen LogP contribution in [0, 0.1) is 11.8 Å². The monoisotopic (exact) mass is 241 g/mol. The quantitative estimate of drug-likeness (QED) is 0.705. The fourth-order valence-electron chi connectivity index (χ4n) is 2.50. The molecule has 17 heavy (non-hydrogen) atoms. The highest BCUT2D eigenvalue weighted by molar-refractivity contribution is 5.86. The molecule has 0 aromatic heterocycles. The maximum atomic E-state index is 12.2. The van der Waals surface area contributed by atoms with Crippen LogP contribution in [0.2, 0.25) is 0 Å². The van der Waals surface area contributed by atoms with Crippen LogP contribution in [0.3, 0.4) is 0 Å². The van der Waals surface area contributed by atoms with E-state index in [0.29, 0.717) is 12.5 Å². The van der Waals surface area contributed by atoms with Crippen LogP contribution in [0.1, 0.15) is 40.0 Å². The molecule has 4 nitrogen and oxygen atoms in total. The van der Waals surface area contributed by atoms with E-state index in [4.69, 9.17) is 4.74 Å². The van der Waals surface area contributed by atoms with Crippen LogP contribution in [0.25, 0.3) is 0 Å². The van der Waals surface area contributed by atoms with Crippen molar-refractivity contribution in [3.8, 4) is 0 Å². The SMILES string of the molecule is COC(=O)[C@@H]1CCCN1C(=O)C(C)CC(C)C. The topological polar surface area (TPSA) is 46.6 Å². The van der Waals surface area contributed by atoms with Crippen molar-refractivity contribution in [1.29, 1.82) is 0 Å². The zero-order chi connectivity index (χ0) is 13.0. The first-order valence-electron chi connectivity index (χ1n) is 6.35. The molecule has 0 radical (unpaired) electrons. The van der Waals surface area contributed by atoms with Crippen LogP contribution in [0.15, 0.2) is 0 Å². The lowest BCUT2D eigenvalue weighted by Gasteiger charge is -2.26. The molecule has 0 aromatic carbocycles. The normalized spacial score (nSPS) is 21.7. The van der Waals surface area contributed by atoms with Gasteiger partial charge in [0, 0.05) is 12.5 Å². The Morgan fingerprint density at radius 2 is 2.00 bits per heavy atom. The van der Waals surface area contributed by atoms with Gasteiger partial charge in [0.15, 0.2) is 0 Å². The van der Waals surface area contributed by atoms with Crippen LogP contribution in [-0.4, -0.2) is 36.5 Å². The van der Waals surface area contributed by atoms with Gasteiger partial charge in [0.25, 0.3) is 0 Å². The van der Waals surface area contributed by atoms with Gasteiger partial charge in [0.1, 0.15) is 6.04 Å². The van der Waals surface area contributed by atoms with Gasteiger partial charge in [-0.1, -0.05) is 20.8 Å². The van der Waals surface area contributed by atoms with Crippen molar-refractivity contribution in [2.75, 3.05) is 13.7 Å². The van der Waals surface area contributed by atoms with Gasteiger partial charge in [-0.2, -0.15) is 0 Å². The number of amides is 1. The van der Waals surface area contributed by atoms with Crippen molar-refractivity contribution in [1.82, 2.24) is 4.90 Å². The third-order valence-corrected chi connectivity index (χ3v) is 3.26. The standard InChI is InChI=1S/C13H23NO3/c1-9(2)8-10(3)12(15)14-7-5-6-11(14)13(16)17-4/h9-11H,5-8H2,1-4H3/t10?,11-/m0/s1. The number of nitrogens with zero attached hydrogens (tertiary/aromatic N) is 1. The Morgan fingerprint density at radius 3 is 2.53 bits per heavy atom. The summed E-state index contributed by atoms with van der Waals surface area (Å²) in [7, 11) is 1.38. The number of methoxy groups -OCH3 is 1. The first-order valence-corrected chi connectivity index (χ1v) is 6.35. The summed E-state index contributed by atoms with van der Waals surface area (Å²) in [4.78, 5) is 25.5. The Morgan fingerprint density at radius 1 is 1.35 bits per heavy atom. The molecule has 1 heterocycles. The van der Waals surface area contributed by atoms with E-state index in [9.17, 15) is 9.59 Å². The van der Waals surface area contributed by atoms with Gasteiger partial charge < -0.3 is 9.64 Å². The van der Waals surface area contributed by atoms with E-state index in [0.717, 1.165) is 19.3 Å². The van der Waals surface area contributed by atoms with Crippen molar-refractivity contribution in [2.45, 2.75) is 46.1 Å².